The van der Waals surface area contributed by atoms with Gasteiger partial charge in [-0.15, -0.1) is 0 Å². The summed E-state index contributed by atoms with van der Waals surface area (Å²) in [4.78, 5) is 24.7. The minimum Gasteiger partial charge on any atom is -0.460 e. The highest BCUT2D eigenvalue weighted by Gasteiger charge is 2.55. The summed E-state index contributed by atoms with van der Waals surface area (Å²) in [6.45, 7) is 15.7. The Morgan fingerprint density at radius 2 is 1.96 bits per heavy atom. The Morgan fingerprint density at radius 3 is 2.46 bits per heavy atom. The van der Waals surface area contributed by atoms with Gasteiger partial charge in [-0.05, 0) is 70.3 Å². The third-order valence-corrected chi connectivity index (χ3v) is 6.43. The van der Waals surface area contributed by atoms with E-state index in [0.717, 1.165) is 19.3 Å². The van der Waals surface area contributed by atoms with Crippen molar-refractivity contribution in [1.82, 2.24) is 0 Å². The Morgan fingerprint density at radius 1 is 1.29 bits per heavy atom. The van der Waals surface area contributed by atoms with Crippen molar-refractivity contribution in [2.24, 2.45) is 41.4 Å². The van der Waals surface area contributed by atoms with E-state index in [0.29, 0.717) is 29.4 Å². The third kappa shape index (κ3) is 3.00. The standard InChI is InChI=1S/C20H29O4/c1-10-12(3)23-18(21)15(10)9-14-11(2)13-7-16(14)17(8-13)19(22)24-20(4,5)6/h3,10-11,13-17H,7-9H2,1-2,4-6H3. The van der Waals surface area contributed by atoms with E-state index < -0.39 is 5.60 Å². The lowest BCUT2D eigenvalue weighted by atomic mass is 9.70. The van der Waals surface area contributed by atoms with Crippen LogP contribution in [0.3, 0.4) is 0 Å². The summed E-state index contributed by atoms with van der Waals surface area (Å²) in [6, 6.07) is 0. The molecule has 7 atom stereocenters. The van der Waals surface area contributed by atoms with E-state index in [1.54, 1.807) is 0 Å². The number of carbonyl (C=O) groups excluding carboxylic acids is 2. The first-order chi connectivity index (χ1) is 11.1. The number of ether oxygens (including phenoxy) is 2. The fourth-order valence-corrected chi connectivity index (χ4v) is 5.07. The summed E-state index contributed by atoms with van der Waals surface area (Å²) < 4.78 is 10.7. The lowest BCUT2D eigenvalue weighted by molar-refractivity contribution is -0.163. The maximum Gasteiger partial charge on any atom is 0.314 e. The van der Waals surface area contributed by atoms with Gasteiger partial charge in [-0.25, -0.2) is 0 Å². The van der Waals surface area contributed by atoms with Crippen LogP contribution < -0.4 is 0 Å². The molecule has 0 N–H and O–H groups in total. The van der Waals surface area contributed by atoms with Crippen molar-refractivity contribution in [2.45, 2.75) is 59.5 Å². The highest BCUT2D eigenvalue weighted by Crippen LogP contribution is 2.58. The first kappa shape index (κ1) is 17.5. The molecule has 4 nitrogen and oxygen atoms in total. The summed E-state index contributed by atoms with van der Waals surface area (Å²) in [5.74, 6) is 1.62. The van der Waals surface area contributed by atoms with Gasteiger partial charge in [-0.1, -0.05) is 13.8 Å². The van der Waals surface area contributed by atoms with Crippen molar-refractivity contribution in [3.8, 4) is 0 Å². The predicted octanol–water partition coefficient (Wildman–Crippen LogP) is 3.75. The number of rotatable bonds is 3. The van der Waals surface area contributed by atoms with Crippen LogP contribution in [0.1, 0.15) is 53.9 Å². The Kier molecular flexibility index (Phi) is 4.29. The van der Waals surface area contributed by atoms with Crippen molar-refractivity contribution < 1.29 is 19.1 Å². The molecule has 2 saturated carbocycles. The van der Waals surface area contributed by atoms with E-state index >= 15 is 0 Å². The minimum atomic E-state index is -0.451. The fourth-order valence-electron chi connectivity index (χ4n) is 5.07. The smallest absolute Gasteiger partial charge is 0.314 e. The van der Waals surface area contributed by atoms with Crippen LogP contribution in [0.4, 0.5) is 0 Å². The first-order valence-electron chi connectivity index (χ1n) is 9.15. The molecule has 4 heteroatoms. The molecule has 0 amide bonds. The quantitative estimate of drug-likeness (QED) is 0.738. The number of allylic oxidation sites excluding steroid dienone is 1. The Labute approximate surface area is 145 Å². The average Bonchev–Trinajstić information content (AvgIpc) is 3.07. The zero-order valence-electron chi connectivity index (χ0n) is 15.4. The van der Waals surface area contributed by atoms with Gasteiger partial charge in [-0.3, -0.25) is 9.59 Å². The Hall–Kier alpha value is -1.32. The van der Waals surface area contributed by atoms with Crippen LogP contribution in [0, 0.1) is 48.0 Å². The average molecular weight is 333 g/mol. The second kappa shape index (κ2) is 5.89. The number of fused-ring (bicyclic) bond motifs is 2. The van der Waals surface area contributed by atoms with Gasteiger partial charge in [0.25, 0.3) is 0 Å². The van der Waals surface area contributed by atoms with Crippen LogP contribution in [-0.4, -0.2) is 17.5 Å². The van der Waals surface area contributed by atoms with Gasteiger partial charge in [-0.2, -0.15) is 0 Å². The second-order valence-corrected chi connectivity index (χ2v) is 9.01. The van der Waals surface area contributed by atoms with Gasteiger partial charge in [0, 0.05) is 5.92 Å². The number of hydrogen-bond acceptors (Lipinski definition) is 4. The molecule has 3 aliphatic rings. The molecule has 1 radical (unpaired) electrons. The molecule has 7 unspecified atom stereocenters. The van der Waals surface area contributed by atoms with Crippen molar-refractivity contribution in [3.63, 3.8) is 0 Å². The molecule has 2 aliphatic carbocycles. The summed E-state index contributed by atoms with van der Waals surface area (Å²) in [7, 11) is 0. The highest BCUT2D eigenvalue weighted by molar-refractivity contribution is 5.77. The van der Waals surface area contributed by atoms with Crippen LogP contribution >= 0.6 is 0 Å². The molecular formula is C20H29O4. The lowest BCUT2D eigenvalue weighted by Crippen LogP contribution is -2.37. The Bertz CT molecular complexity index is 558. The van der Waals surface area contributed by atoms with E-state index in [9.17, 15) is 9.59 Å². The monoisotopic (exact) mass is 333 g/mol. The minimum absolute atomic E-state index is 0.0236. The SMILES string of the molecule is [CH]=C1OC(=O)C(CC2C(C)C3CC(C(=O)OC(C)(C)C)C2C3)C1C. The summed E-state index contributed by atoms with van der Waals surface area (Å²) in [6.07, 6.45) is 2.77. The first-order valence-corrected chi connectivity index (χ1v) is 9.15. The summed E-state index contributed by atoms with van der Waals surface area (Å²) >= 11 is 0. The summed E-state index contributed by atoms with van der Waals surface area (Å²) in [5, 5.41) is 0. The lowest BCUT2D eigenvalue weighted by Gasteiger charge is -2.35. The van der Waals surface area contributed by atoms with E-state index in [1.807, 2.05) is 27.7 Å². The van der Waals surface area contributed by atoms with Gasteiger partial charge in [0.2, 0.25) is 0 Å². The molecule has 24 heavy (non-hydrogen) atoms. The van der Waals surface area contributed by atoms with Crippen LogP contribution in [-0.2, 0) is 19.1 Å². The predicted molar refractivity (Wildman–Crippen MR) is 89.4 cm³/mol. The topological polar surface area (TPSA) is 52.6 Å². The van der Waals surface area contributed by atoms with Crippen molar-refractivity contribution in [2.75, 3.05) is 0 Å². The molecule has 1 aliphatic heterocycles. The number of cyclic esters (lactones) is 1. The van der Waals surface area contributed by atoms with E-state index in [-0.39, 0.29) is 29.7 Å². The van der Waals surface area contributed by atoms with Crippen LogP contribution in [0.25, 0.3) is 0 Å². The molecule has 0 aromatic rings. The molecule has 0 aromatic heterocycles. The molecule has 1 heterocycles. The molecule has 1 saturated heterocycles. The van der Waals surface area contributed by atoms with E-state index in [1.165, 1.54) is 0 Å². The molecule has 2 bridgehead atoms. The maximum atomic E-state index is 12.6. The van der Waals surface area contributed by atoms with Gasteiger partial charge in [0.1, 0.15) is 11.4 Å². The van der Waals surface area contributed by atoms with Crippen LogP contribution in [0.2, 0.25) is 0 Å². The van der Waals surface area contributed by atoms with E-state index in [4.69, 9.17) is 16.1 Å². The fraction of sp³-hybridized carbons (Fsp3) is 0.800. The Balaban J connectivity index is 1.71. The molecule has 0 spiro atoms. The largest absolute Gasteiger partial charge is 0.460 e. The maximum absolute atomic E-state index is 12.6. The van der Waals surface area contributed by atoms with Gasteiger partial charge in [0.15, 0.2) is 0 Å². The van der Waals surface area contributed by atoms with Crippen molar-refractivity contribution in [1.29, 1.82) is 0 Å². The van der Waals surface area contributed by atoms with Gasteiger partial charge in [0.05, 0.1) is 11.8 Å². The summed E-state index contributed by atoms with van der Waals surface area (Å²) in [5.41, 5.74) is -0.451. The van der Waals surface area contributed by atoms with Gasteiger partial charge >= 0.3 is 11.9 Å². The zero-order chi connectivity index (χ0) is 17.8. The molecule has 0 aromatic carbocycles. The molecule has 133 valence electrons. The highest BCUT2D eigenvalue weighted by atomic mass is 16.6. The van der Waals surface area contributed by atoms with Crippen LogP contribution in [0.5, 0.6) is 0 Å². The van der Waals surface area contributed by atoms with Crippen molar-refractivity contribution >= 4 is 11.9 Å². The third-order valence-electron chi connectivity index (χ3n) is 6.43. The van der Waals surface area contributed by atoms with E-state index in [2.05, 4.69) is 6.92 Å². The molecular weight excluding hydrogens is 304 g/mol. The van der Waals surface area contributed by atoms with Gasteiger partial charge < -0.3 is 9.47 Å². The molecule has 3 fully saturated rings. The number of carbonyl (C=O) groups is 2. The number of hydrogen-bond donors (Lipinski definition) is 0. The zero-order valence-corrected chi connectivity index (χ0v) is 15.4. The second-order valence-electron chi connectivity index (χ2n) is 9.01. The number of esters is 2. The molecule has 3 rings (SSSR count). The van der Waals surface area contributed by atoms with Crippen LogP contribution in [0.15, 0.2) is 5.76 Å². The normalized spacial score (nSPS) is 41.6. The van der Waals surface area contributed by atoms with Crippen molar-refractivity contribution in [3.05, 3.63) is 12.3 Å².